The van der Waals surface area contributed by atoms with Gasteiger partial charge < -0.3 is 10.2 Å². The molecule has 3 rings (SSSR count). The number of benzene rings is 2. The van der Waals surface area contributed by atoms with Crippen molar-refractivity contribution in [3.8, 4) is 0 Å². The Hall–Kier alpha value is -2.34. The van der Waals surface area contributed by atoms with Crippen molar-refractivity contribution in [3.63, 3.8) is 0 Å². The third-order valence-electron chi connectivity index (χ3n) is 5.05. The van der Waals surface area contributed by atoms with Gasteiger partial charge in [-0.2, -0.15) is 0 Å². The molecule has 0 aliphatic carbocycles. The van der Waals surface area contributed by atoms with Gasteiger partial charge in [-0.15, -0.1) is 11.8 Å². The smallest absolute Gasteiger partial charge is 0.255 e. The molecule has 2 atom stereocenters. The number of rotatable bonds is 7. The maximum absolute atomic E-state index is 13.8. The normalized spacial score (nSPS) is 18.7. The predicted octanol–water partition coefficient (Wildman–Crippen LogP) is 4.70. The predicted molar refractivity (Wildman–Crippen MR) is 115 cm³/mol. The quantitative estimate of drug-likeness (QED) is 0.669. The van der Waals surface area contributed by atoms with Gasteiger partial charge in [0.1, 0.15) is 17.2 Å². The molecule has 2 aromatic carbocycles. The van der Waals surface area contributed by atoms with E-state index in [1.807, 2.05) is 19.1 Å². The highest BCUT2D eigenvalue weighted by Crippen LogP contribution is 2.42. The van der Waals surface area contributed by atoms with Gasteiger partial charge in [-0.25, -0.2) is 4.39 Å². The average molecular weight is 415 g/mol. The Morgan fingerprint density at radius 3 is 2.62 bits per heavy atom. The minimum absolute atomic E-state index is 0.145. The number of halogens is 1. The lowest BCUT2D eigenvalue weighted by Crippen LogP contribution is -2.48. The number of nitrogens with one attached hydrogen (secondary N) is 1. The topological polar surface area (TPSA) is 49.4 Å². The molecule has 6 heteroatoms. The van der Waals surface area contributed by atoms with Crippen LogP contribution in [0.3, 0.4) is 0 Å². The highest BCUT2D eigenvalue weighted by atomic mass is 32.2. The fourth-order valence-corrected chi connectivity index (χ4v) is 4.84. The first kappa shape index (κ1) is 21.4. The number of hydrogen-bond donors (Lipinski definition) is 1. The lowest BCUT2D eigenvalue weighted by atomic mass is 10.1. The van der Waals surface area contributed by atoms with Crippen molar-refractivity contribution >= 4 is 23.6 Å². The summed E-state index contributed by atoms with van der Waals surface area (Å²) in [6, 6.07) is 13.0. The van der Waals surface area contributed by atoms with Crippen LogP contribution in [0.2, 0.25) is 0 Å². The van der Waals surface area contributed by atoms with Crippen LogP contribution in [-0.4, -0.2) is 35.1 Å². The second-order valence-corrected chi connectivity index (χ2v) is 8.45. The van der Waals surface area contributed by atoms with Crippen LogP contribution in [0.5, 0.6) is 0 Å². The molecule has 154 valence electrons. The molecule has 0 aromatic heterocycles. The van der Waals surface area contributed by atoms with Crippen molar-refractivity contribution in [2.24, 2.45) is 0 Å². The highest BCUT2D eigenvalue weighted by molar-refractivity contribution is 7.99. The highest BCUT2D eigenvalue weighted by Gasteiger charge is 2.42. The zero-order valence-corrected chi connectivity index (χ0v) is 17.7. The molecule has 2 amide bonds. The summed E-state index contributed by atoms with van der Waals surface area (Å²) >= 11 is 1.50. The SMILES string of the molecule is CCCCCNC(=O)C1CSC(c2cccc(F)c2)N1C(=O)c1ccc(C)cc1. The number of nitrogens with zero attached hydrogens (tertiary/aromatic N) is 1. The third kappa shape index (κ3) is 5.18. The minimum Gasteiger partial charge on any atom is -0.354 e. The molecule has 0 radical (unpaired) electrons. The number of amides is 2. The van der Waals surface area contributed by atoms with Gasteiger partial charge in [-0.05, 0) is 43.2 Å². The number of carbonyl (C=O) groups is 2. The maximum Gasteiger partial charge on any atom is 0.255 e. The van der Waals surface area contributed by atoms with Gasteiger partial charge in [0.2, 0.25) is 5.91 Å². The number of carbonyl (C=O) groups excluding carboxylic acids is 2. The van der Waals surface area contributed by atoms with Crippen LogP contribution in [0, 0.1) is 12.7 Å². The van der Waals surface area contributed by atoms with Gasteiger partial charge in [0, 0.05) is 17.9 Å². The Morgan fingerprint density at radius 1 is 1.17 bits per heavy atom. The van der Waals surface area contributed by atoms with Gasteiger partial charge in [-0.3, -0.25) is 9.59 Å². The molecule has 1 aliphatic rings. The molecular weight excluding hydrogens is 387 g/mol. The molecule has 0 bridgehead atoms. The van der Waals surface area contributed by atoms with Crippen LogP contribution in [0.1, 0.15) is 53.0 Å². The first-order valence-corrected chi connectivity index (χ1v) is 11.1. The number of aryl methyl sites for hydroxylation is 1. The molecule has 1 aliphatic heterocycles. The Labute approximate surface area is 175 Å². The Bertz CT molecular complexity index is 856. The van der Waals surface area contributed by atoms with Crippen molar-refractivity contribution in [1.82, 2.24) is 10.2 Å². The molecule has 1 saturated heterocycles. The fraction of sp³-hybridized carbons (Fsp3) is 0.391. The molecule has 1 N–H and O–H groups in total. The van der Waals surface area contributed by atoms with E-state index in [-0.39, 0.29) is 17.6 Å². The third-order valence-corrected chi connectivity index (χ3v) is 6.37. The largest absolute Gasteiger partial charge is 0.354 e. The standard InChI is InChI=1S/C23H27FN2O2S/c1-3-4-5-13-25-21(27)20-15-29-23(18-7-6-8-19(24)14-18)26(20)22(28)17-11-9-16(2)10-12-17/h6-12,14,20,23H,3-5,13,15H2,1-2H3,(H,25,27). The van der Waals surface area contributed by atoms with E-state index < -0.39 is 11.4 Å². The molecule has 29 heavy (non-hydrogen) atoms. The second kappa shape index (κ2) is 9.92. The van der Waals surface area contributed by atoms with Gasteiger partial charge in [0.05, 0.1) is 0 Å². The molecule has 2 unspecified atom stereocenters. The monoisotopic (exact) mass is 414 g/mol. The Kier molecular flexibility index (Phi) is 7.31. The molecule has 1 heterocycles. The van der Waals surface area contributed by atoms with Crippen molar-refractivity contribution in [1.29, 1.82) is 0 Å². The number of thioether (sulfide) groups is 1. The van der Waals surface area contributed by atoms with Crippen LogP contribution < -0.4 is 5.32 Å². The summed E-state index contributed by atoms with van der Waals surface area (Å²) in [5, 5.41) is 2.57. The van der Waals surface area contributed by atoms with Crippen LogP contribution in [-0.2, 0) is 4.79 Å². The maximum atomic E-state index is 13.8. The van der Waals surface area contributed by atoms with E-state index in [0.717, 1.165) is 24.8 Å². The Balaban J connectivity index is 1.86. The summed E-state index contributed by atoms with van der Waals surface area (Å²) in [7, 11) is 0. The number of unbranched alkanes of at least 4 members (excludes halogenated alkanes) is 2. The van der Waals surface area contributed by atoms with E-state index in [4.69, 9.17) is 0 Å². The zero-order chi connectivity index (χ0) is 20.8. The molecule has 0 saturated carbocycles. The van der Waals surface area contributed by atoms with Crippen LogP contribution in [0.15, 0.2) is 48.5 Å². The van der Waals surface area contributed by atoms with Crippen LogP contribution in [0.4, 0.5) is 4.39 Å². The lowest BCUT2D eigenvalue weighted by molar-refractivity contribution is -0.124. The number of hydrogen-bond acceptors (Lipinski definition) is 3. The van der Waals surface area contributed by atoms with Crippen LogP contribution >= 0.6 is 11.8 Å². The minimum atomic E-state index is -0.580. The van der Waals surface area contributed by atoms with E-state index >= 15 is 0 Å². The first-order valence-electron chi connectivity index (χ1n) is 10.1. The van der Waals surface area contributed by atoms with Crippen molar-refractivity contribution in [2.45, 2.75) is 44.5 Å². The summed E-state index contributed by atoms with van der Waals surface area (Å²) in [6.45, 7) is 4.67. The van der Waals surface area contributed by atoms with Crippen LogP contribution in [0.25, 0.3) is 0 Å². The summed E-state index contributed by atoms with van der Waals surface area (Å²) in [5.74, 6) is -0.220. The summed E-state index contributed by atoms with van der Waals surface area (Å²) in [4.78, 5) is 27.8. The van der Waals surface area contributed by atoms with E-state index in [1.165, 1.54) is 23.9 Å². The van der Waals surface area contributed by atoms with E-state index in [0.29, 0.717) is 23.4 Å². The van der Waals surface area contributed by atoms with E-state index in [9.17, 15) is 14.0 Å². The van der Waals surface area contributed by atoms with E-state index in [2.05, 4.69) is 12.2 Å². The van der Waals surface area contributed by atoms with Gasteiger partial charge in [-0.1, -0.05) is 49.6 Å². The molecule has 4 nitrogen and oxygen atoms in total. The molecule has 2 aromatic rings. The fourth-order valence-electron chi connectivity index (χ4n) is 3.42. The average Bonchev–Trinajstić information content (AvgIpc) is 3.16. The second-order valence-electron chi connectivity index (χ2n) is 7.33. The Morgan fingerprint density at radius 2 is 1.93 bits per heavy atom. The molecule has 0 spiro atoms. The summed E-state index contributed by atoms with van der Waals surface area (Å²) in [6.07, 6.45) is 3.05. The van der Waals surface area contributed by atoms with Crippen molar-refractivity contribution in [3.05, 3.63) is 71.0 Å². The summed E-state index contributed by atoms with van der Waals surface area (Å²) in [5.41, 5.74) is 2.28. The first-order chi connectivity index (χ1) is 14.0. The summed E-state index contributed by atoms with van der Waals surface area (Å²) < 4.78 is 13.8. The molecular formula is C23H27FN2O2S. The van der Waals surface area contributed by atoms with E-state index in [1.54, 1.807) is 29.2 Å². The van der Waals surface area contributed by atoms with Gasteiger partial charge >= 0.3 is 0 Å². The lowest BCUT2D eigenvalue weighted by Gasteiger charge is -2.29. The van der Waals surface area contributed by atoms with Crippen molar-refractivity contribution in [2.75, 3.05) is 12.3 Å². The zero-order valence-electron chi connectivity index (χ0n) is 16.9. The van der Waals surface area contributed by atoms with Crippen molar-refractivity contribution < 1.29 is 14.0 Å². The molecule has 1 fully saturated rings. The van der Waals surface area contributed by atoms with Gasteiger partial charge in [0.15, 0.2) is 0 Å². The van der Waals surface area contributed by atoms with Gasteiger partial charge in [0.25, 0.3) is 5.91 Å².